The molecule has 1 spiro atoms. The van der Waals surface area contributed by atoms with Crippen LogP contribution in [0.25, 0.3) is 0 Å². The van der Waals surface area contributed by atoms with Gasteiger partial charge in [-0.1, -0.05) is 34.1 Å². The summed E-state index contributed by atoms with van der Waals surface area (Å²) in [5, 5.41) is 0. The lowest BCUT2D eigenvalue weighted by atomic mass is 9.95. The van der Waals surface area contributed by atoms with E-state index in [9.17, 15) is 8.42 Å². The highest BCUT2D eigenvalue weighted by atomic mass is 79.9. The van der Waals surface area contributed by atoms with E-state index in [1.807, 2.05) is 18.2 Å². The fourth-order valence-electron chi connectivity index (χ4n) is 7.93. The fourth-order valence-corrected chi connectivity index (χ4v) is 11.7. The van der Waals surface area contributed by atoms with Crippen molar-refractivity contribution in [2.45, 2.75) is 15.0 Å². The van der Waals surface area contributed by atoms with E-state index in [0.29, 0.717) is 59.4 Å². The first kappa shape index (κ1) is 13.7. The molecule has 126 valence electrons. The van der Waals surface area contributed by atoms with E-state index in [0.717, 1.165) is 0 Å². The van der Waals surface area contributed by atoms with Crippen LogP contribution in [0.3, 0.4) is 0 Å². The Morgan fingerprint density at radius 2 is 1.75 bits per heavy atom. The summed E-state index contributed by atoms with van der Waals surface area (Å²) >= 11 is 4.06. The first-order valence-corrected chi connectivity index (χ1v) is 11.2. The maximum atomic E-state index is 13.0. The summed E-state index contributed by atoms with van der Waals surface area (Å²) in [5.41, 5.74) is -0.0151. The Bertz CT molecular complexity index is 895. The largest absolute Gasteiger partial charge is 0.346 e. The van der Waals surface area contributed by atoms with E-state index in [1.54, 1.807) is 12.1 Å². The van der Waals surface area contributed by atoms with Crippen molar-refractivity contribution in [3.63, 3.8) is 0 Å². The van der Waals surface area contributed by atoms with Crippen LogP contribution >= 0.6 is 15.9 Å². The van der Waals surface area contributed by atoms with Gasteiger partial charge in [0.2, 0.25) is 0 Å². The Morgan fingerprint density at radius 1 is 1.04 bits per heavy atom. The second-order valence-electron chi connectivity index (χ2n) is 8.48. The van der Waals surface area contributed by atoms with Crippen LogP contribution in [0.15, 0.2) is 35.2 Å². The standard InChI is InChI=1S/C18H17BrO4S/c19-17-12-10-11(12)16(8-24(20,21)9-4-2-1-3-5-9)14(15(16)17)13(10)18(17)22-6-7-23-18/h1-5,10-15H,6-8H2/t10-,11+,12-,13-,14+,15-,16-,17-/m0/s1. The highest BCUT2D eigenvalue weighted by Crippen LogP contribution is 3.04. The van der Waals surface area contributed by atoms with Crippen LogP contribution in [0.4, 0.5) is 0 Å². The lowest BCUT2D eigenvalue weighted by Crippen LogP contribution is -2.50. The van der Waals surface area contributed by atoms with Gasteiger partial charge in [-0.3, -0.25) is 0 Å². The van der Waals surface area contributed by atoms with Crippen LogP contribution in [-0.2, 0) is 19.3 Å². The molecule has 8 rings (SSSR count). The molecule has 1 aliphatic heterocycles. The summed E-state index contributed by atoms with van der Waals surface area (Å²) in [6, 6.07) is 8.93. The molecule has 0 aromatic heterocycles. The molecule has 2 bridgehead atoms. The Kier molecular flexibility index (Phi) is 2.02. The maximum Gasteiger partial charge on any atom is 0.187 e. The molecule has 24 heavy (non-hydrogen) atoms. The Morgan fingerprint density at radius 3 is 2.33 bits per heavy atom. The van der Waals surface area contributed by atoms with Crippen LogP contribution in [0.2, 0.25) is 0 Å². The summed E-state index contributed by atoms with van der Waals surface area (Å²) in [4.78, 5) is 0.465. The van der Waals surface area contributed by atoms with Gasteiger partial charge >= 0.3 is 0 Å². The topological polar surface area (TPSA) is 52.6 Å². The zero-order valence-electron chi connectivity index (χ0n) is 12.9. The molecule has 0 N–H and O–H groups in total. The molecule has 1 aromatic carbocycles. The quantitative estimate of drug-likeness (QED) is 0.718. The molecule has 0 unspecified atom stereocenters. The van der Waals surface area contributed by atoms with Crippen molar-refractivity contribution in [1.29, 1.82) is 0 Å². The van der Waals surface area contributed by atoms with E-state index in [2.05, 4.69) is 15.9 Å². The summed E-state index contributed by atoms with van der Waals surface area (Å²) in [6.07, 6.45) is 0. The summed E-state index contributed by atoms with van der Waals surface area (Å²) < 4.78 is 38.2. The molecule has 0 amide bonds. The monoisotopic (exact) mass is 408 g/mol. The molecule has 6 heteroatoms. The molecular formula is C18H17BrO4S. The highest BCUT2D eigenvalue weighted by molar-refractivity contribution is 9.10. The molecule has 7 aliphatic rings. The van der Waals surface area contributed by atoms with Gasteiger partial charge in [0.05, 0.1) is 28.2 Å². The molecule has 4 nitrogen and oxygen atoms in total. The molecule has 0 radical (unpaired) electrons. The smallest absolute Gasteiger partial charge is 0.187 e. The van der Waals surface area contributed by atoms with Crippen molar-refractivity contribution < 1.29 is 17.9 Å². The van der Waals surface area contributed by atoms with E-state index in [1.165, 1.54) is 0 Å². The van der Waals surface area contributed by atoms with Crippen molar-refractivity contribution in [2.24, 2.45) is 40.9 Å². The van der Waals surface area contributed by atoms with E-state index in [4.69, 9.17) is 9.47 Å². The van der Waals surface area contributed by atoms with Crippen molar-refractivity contribution in [1.82, 2.24) is 0 Å². The van der Waals surface area contributed by atoms with Gasteiger partial charge in [-0.05, 0) is 47.1 Å². The molecule has 7 fully saturated rings. The highest BCUT2D eigenvalue weighted by Gasteiger charge is 3.09. The zero-order chi connectivity index (χ0) is 16.1. The molecule has 6 aliphatic carbocycles. The number of ether oxygens (including phenoxy) is 2. The van der Waals surface area contributed by atoms with Gasteiger partial charge in [0, 0.05) is 5.92 Å². The van der Waals surface area contributed by atoms with Crippen LogP contribution in [0.5, 0.6) is 0 Å². The summed E-state index contributed by atoms with van der Waals surface area (Å²) in [7, 11) is -3.24. The minimum Gasteiger partial charge on any atom is -0.346 e. The van der Waals surface area contributed by atoms with Crippen LogP contribution in [-0.4, -0.2) is 37.5 Å². The minimum absolute atomic E-state index is 0.0151. The normalized spacial score (nSPS) is 56.2. The Hall–Kier alpha value is -0.430. The van der Waals surface area contributed by atoms with Gasteiger partial charge in [-0.25, -0.2) is 8.42 Å². The van der Waals surface area contributed by atoms with Crippen LogP contribution < -0.4 is 0 Å². The van der Waals surface area contributed by atoms with Crippen molar-refractivity contribution >= 4 is 25.8 Å². The fraction of sp³-hybridized carbons (Fsp3) is 0.667. The molecular weight excluding hydrogens is 392 g/mol. The molecule has 1 aromatic rings. The lowest BCUT2D eigenvalue weighted by molar-refractivity contribution is -0.192. The average molecular weight is 409 g/mol. The van der Waals surface area contributed by atoms with Gasteiger partial charge in [-0.15, -0.1) is 0 Å². The summed E-state index contributed by atoms with van der Waals surface area (Å²) in [5.74, 6) is 2.87. The SMILES string of the molecule is O=S(=O)(C[C@]12[C@@H]3[C@@H]4[C@H]5[C@@H]1[C@@H]2[C@@](Br)([C@@H]43)C51OCCO1)c1ccccc1. The molecule has 8 atom stereocenters. The minimum atomic E-state index is -3.24. The van der Waals surface area contributed by atoms with E-state index in [-0.39, 0.29) is 9.74 Å². The van der Waals surface area contributed by atoms with Gasteiger partial charge < -0.3 is 9.47 Å². The third-order valence-electron chi connectivity index (χ3n) is 8.12. The predicted octanol–water partition coefficient (Wildman–Crippen LogP) is 2.09. The zero-order valence-corrected chi connectivity index (χ0v) is 15.3. The third kappa shape index (κ3) is 1.04. The molecule has 1 saturated heterocycles. The Balaban J connectivity index is 1.31. The third-order valence-corrected chi connectivity index (χ3v) is 11.6. The van der Waals surface area contributed by atoms with Gasteiger partial charge in [0.25, 0.3) is 0 Å². The number of benzene rings is 1. The van der Waals surface area contributed by atoms with Crippen molar-refractivity contribution in [2.75, 3.05) is 19.0 Å². The molecule has 6 saturated carbocycles. The lowest BCUT2D eigenvalue weighted by Gasteiger charge is -2.37. The van der Waals surface area contributed by atoms with E-state index < -0.39 is 15.6 Å². The predicted molar refractivity (Wildman–Crippen MR) is 88.2 cm³/mol. The number of hydrogen-bond acceptors (Lipinski definition) is 4. The van der Waals surface area contributed by atoms with Gasteiger partial charge in [-0.2, -0.15) is 0 Å². The second-order valence-corrected chi connectivity index (χ2v) is 11.8. The van der Waals surface area contributed by atoms with Crippen molar-refractivity contribution in [3.05, 3.63) is 30.3 Å². The second kappa shape index (κ2) is 3.53. The number of halogens is 1. The van der Waals surface area contributed by atoms with Crippen molar-refractivity contribution in [3.8, 4) is 0 Å². The van der Waals surface area contributed by atoms with Gasteiger partial charge in [0.15, 0.2) is 15.6 Å². The number of alkyl halides is 1. The number of rotatable bonds is 3. The Labute approximate surface area is 148 Å². The number of sulfone groups is 1. The maximum absolute atomic E-state index is 13.0. The van der Waals surface area contributed by atoms with E-state index >= 15 is 0 Å². The van der Waals surface area contributed by atoms with Crippen LogP contribution in [0.1, 0.15) is 0 Å². The molecule has 1 heterocycles. The average Bonchev–Trinajstić information content (AvgIpc) is 3.25. The first-order chi connectivity index (χ1) is 11.5. The first-order valence-electron chi connectivity index (χ1n) is 8.75. The van der Waals surface area contributed by atoms with Crippen LogP contribution in [0, 0.1) is 40.9 Å². The number of hydrogen-bond donors (Lipinski definition) is 0. The van der Waals surface area contributed by atoms with Gasteiger partial charge in [0.1, 0.15) is 0 Å². The summed E-state index contributed by atoms with van der Waals surface area (Å²) in [6.45, 7) is 1.34.